The number of hydrogen-bond donors (Lipinski definition) is 3. The third kappa shape index (κ3) is 1.48. The van der Waals surface area contributed by atoms with Crippen molar-refractivity contribution < 1.29 is 5.11 Å². The fourth-order valence-corrected chi connectivity index (χ4v) is 0.566. The maximum atomic E-state index is 8.26. The Hall–Kier alpha value is -1.52. The molecule has 0 saturated heterocycles. The minimum atomic E-state index is 0.223. The molecule has 10 heavy (non-hydrogen) atoms. The fraction of sp³-hybridized carbons (Fsp3) is 0.200. The number of rotatable bonds is 2. The van der Waals surface area contributed by atoms with E-state index in [-0.39, 0.29) is 5.95 Å². The number of nitrogen functional groups attached to an aromatic ring is 1. The van der Waals surface area contributed by atoms with E-state index in [2.05, 4.69) is 15.2 Å². The summed E-state index contributed by atoms with van der Waals surface area (Å²) in [5.41, 5.74) is 5.21. The van der Waals surface area contributed by atoms with E-state index in [9.17, 15) is 0 Å². The molecule has 1 rings (SSSR count). The molecule has 0 saturated carbocycles. The minimum Gasteiger partial charge on any atom is -0.516 e. The molecule has 1 aromatic heterocycles. The first-order valence-electron chi connectivity index (χ1n) is 2.79. The Bertz CT molecular complexity index is 229. The Morgan fingerprint density at radius 3 is 3.00 bits per heavy atom. The summed E-state index contributed by atoms with van der Waals surface area (Å²) >= 11 is 0. The highest BCUT2D eigenvalue weighted by Gasteiger charge is 1.94. The molecular weight excluding hydrogens is 132 g/mol. The number of aromatic amines is 1. The van der Waals surface area contributed by atoms with Gasteiger partial charge in [-0.1, -0.05) is 0 Å². The lowest BCUT2D eigenvalue weighted by molar-refractivity contribution is 0.471. The first-order chi connectivity index (χ1) is 4.83. The third-order valence-electron chi connectivity index (χ3n) is 0.966. The van der Waals surface area contributed by atoms with Crippen LogP contribution in [0.5, 0.6) is 0 Å². The second-order valence-electron chi connectivity index (χ2n) is 1.73. The number of aliphatic hydroxyl groups excluding tert-OH is 1. The molecule has 1 aromatic rings. The standard InChI is InChI=1S/C5H8N4O/c6-5-7-4(8-9-5)2-1-3-10/h1,3,10H,2H2,(H3,6,7,8,9). The Balaban J connectivity index is 2.58. The number of anilines is 1. The number of nitrogens with two attached hydrogens (primary N) is 1. The first kappa shape index (κ1) is 6.60. The number of allylic oxidation sites excluding steroid dienone is 1. The van der Waals surface area contributed by atoms with E-state index < -0.39 is 0 Å². The normalized spacial score (nSPS) is 10.8. The number of hydrogen-bond acceptors (Lipinski definition) is 4. The lowest BCUT2D eigenvalue weighted by Gasteiger charge is -1.81. The van der Waals surface area contributed by atoms with Gasteiger partial charge in [-0.25, -0.2) is 0 Å². The van der Waals surface area contributed by atoms with Crippen molar-refractivity contribution >= 4 is 5.95 Å². The SMILES string of the molecule is Nc1n[nH]c(CC=CO)n1. The largest absolute Gasteiger partial charge is 0.516 e. The Morgan fingerprint density at radius 2 is 2.50 bits per heavy atom. The summed E-state index contributed by atoms with van der Waals surface area (Å²) in [4.78, 5) is 3.80. The van der Waals surface area contributed by atoms with E-state index in [4.69, 9.17) is 10.8 Å². The summed E-state index contributed by atoms with van der Waals surface area (Å²) in [6, 6.07) is 0. The van der Waals surface area contributed by atoms with Gasteiger partial charge in [0.2, 0.25) is 5.95 Å². The van der Waals surface area contributed by atoms with Gasteiger partial charge in [0.05, 0.1) is 6.26 Å². The molecular formula is C5H8N4O. The van der Waals surface area contributed by atoms with E-state index in [0.29, 0.717) is 12.2 Å². The zero-order chi connectivity index (χ0) is 7.40. The predicted octanol–water partition coefficient (Wildman–Crippen LogP) is 0.00110. The second-order valence-corrected chi connectivity index (χ2v) is 1.73. The van der Waals surface area contributed by atoms with Gasteiger partial charge in [0, 0.05) is 6.42 Å². The number of nitrogens with one attached hydrogen (secondary N) is 1. The van der Waals surface area contributed by atoms with Crippen LogP contribution >= 0.6 is 0 Å². The van der Waals surface area contributed by atoms with Crippen LogP contribution in [0.4, 0.5) is 5.95 Å². The van der Waals surface area contributed by atoms with Crippen molar-refractivity contribution in [3.63, 3.8) is 0 Å². The molecule has 5 heteroatoms. The molecule has 0 aromatic carbocycles. The quantitative estimate of drug-likeness (QED) is 0.504. The topological polar surface area (TPSA) is 87.8 Å². The minimum absolute atomic E-state index is 0.223. The van der Waals surface area contributed by atoms with Gasteiger partial charge in [-0.05, 0) is 6.08 Å². The third-order valence-corrected chi connectivity index (χ3v) is 0.966. The van der Waals surface area contributed by atoms with Crippen molar-refractivity contribution in [2.75, 3.05) is 5.73 Å². The molecule has 0 radical (unpaired) electrons. The molecule has 0 aliphatic carbocycles. The fourth-order valence-electron chi connectivity index (χ4n) is 0.566. The van der Waals surface area contributed by atoms with Crippen molar-refractivity contribution in [2.45, 2.75) is 6.42 Å². The summed E-state index contributed by atoms with van der Waals surface area (Å²) in [5.74, 6) is 0.865. The van der Waals surface area contributed by atoms with Gasteiger partial charge in [-0.3, -0.25) is 5.10 Å². The highest BCUT2D eigenvalue weighted by molar-refractivity contribution is 5.13. The van der Waals surface area contributed by atoms with Gasteiger partial charge in [0.25, 0.3) is 0 Å². The number of nitrogens with zero attached hydrogens (tertiary/aromatic N) is 2. The summed E-state index contributed by atoms with van der Waals surface area (Å²) in [6.45, 7) is 0. The van der Waals surface area contributed by atoms with Gasteiger partial charge < -0.3 is 10.8 Å². The molecule has 5 nitrogen and oxygen atoms in total. The monoisotopic (exact) mass is 140 g/mol. The van der Waals surface area contributed by atoms with E-state index in [1.54, 1.807) is 6.08 Å². The molecule has 0 bridgehead atoms. The zero-order valence-electron chi connectivity index (χ0n) is 5.28. The van der Waals surface area contributed by atoms with Gasteiger partial charge in [-0.15, -0.1) is 5.10 Å². The summed E-state index contributed by atoms with van der Waals surface area (Å²) < 4.78 is 0. The van der Waals surface area contributed by atoms with Crippen molar-refractivity contribution in [2.24, 2.45) is 0 Å². The van der Waals surface area contributed by atoms with Crippen LogP contribution in [0.3, 0.4) is 0 Å². The van der Waals surface area contributed by atoms with E-state index in [1.165, 1.54) is 0 Å². The molecule has 0 aliphatic heterocycles. The van der Waals surface area contributed by atoms with Crippen LogP contribution in [0.1, 0.15) is 5.82 Å². The van der Waals surface area contributed by atoms with Gasteiger partial charge in [-0.2, -0.15) is 4.98 Å². The van der Waals surface area contributed by atoms with Crippen LogP contribution in [0.2, 0.25) is 0 Å². The van der Waals surface area contributed by atoms with E-state index >= 15 is 0 Å². The molecule has 54 valence electrons. The highest BCUT2D eigenvalue weighted by atomic mass is 16.2. The molecule has 0 spiro atoms. The van der Waals surface area contributed by atoms with Crippen molar-refractivity contribution in [3.8, 4) is 0 Å². The maximum Gasteiger partial charge on any atom is 0.239 e. The lowest BCUT2D eigenvalue weighted by Crippen LogP contribution is -1.86. The highest BCUT2D eigenvalue weighted by Crippen LogP contribution is 1.93. The number of aromatic nitrogens is 3. The zero-order valence-corrected chi connectivity index (χ0v) is 5.28. The number of H-pyrrole nitrogens is 1. The Labute approximate surface area is 57.6 Å². The molecule has 0 unspecified atom stereocenters. The smallest absolute Gasteiger partial charge is 0.239 e. The van der Waals surface area contributed by atoms with Crippen LogP contribution < -0.4 is 5.73 Å². The van der Waals surface area contributed by atoms with Crippen molar-refractivity contribution in [3.05, 3.63) is 18.2 Å². The summed E-state index contributed by atoms with van der Waals surface area (Å²) in [7, 11) is 0. The van der Waals surface area contributed by atoms with Crippen molar-refractivity contribution in [1.29, 1.82) is 0 Å². The van der Waals surface area contributed by atoms with Crippen LogP contribution in [0, 0.1) is 0 Å². The van der Waals surface area contributed by atoms with Gasteiger partial charge in [0.15, 0.2) is 0 Å². The van der Waals surface area contributed by atoms with E-state index in [1.807, 2.05) is 0 Å². The molecule has 0 fully saturated rings. The first-order valence-corrected chi connectivity index (χ1v) is 2.79. The lowest BCUT2D eigenvalue weighted by atomic mass is 10.4. The number of aliphatic hydroxyl groups is 1. The summed E-state index contributed by atoms with van der Waals surface area (Å²) in [6.07, 6.45) is 3.01. The molecule has 4 N–H and O–H groups in total. The second kappa shape index (κ2) is 2.86. The maximum absolute atomic E-state index is 8.26. The van der Waals surface area contributed by atoms with Crippen LogP contribution in [-0.2, 0) is 6.42 Å². The van der Waals surface area contributed by atoms with Gasteiger partial charge >= 0.3 is 0 Å². The molecule has 0 amide bonds. The van der Waals surface area contributed by atoms with Crippen LogP contribution in [-0.4, -0.2) is 20.3 Å². The average molecular weight is 140 g/mol. The van der Waals surface area contributed by atoms with Gasteiger partial charge in [0.1, 0.15) is 5.82 Å². The average Bonchev–Trinajstić information content (AvgIpc) is 2.31. The Morgan fingerprint density at radius 1 is 1.70 bits per heavy atom. The molecule has 0 atom stereocenters. The van der Waals surface area contributed by atoms with Crippen molar-refractivity contribution in [1.82, 2.24) is 15.2 Å². The van der Waals surface area contributed by atoms with Crippen LogP contribution in [0.15, 0.2) is 12.3 Å². The predicted molar refractivity (Wildman–Crippen MR) is 36.3 cm³/mol. The summed E-state index contributed by atoms with van der Waals surface area (Å²) in [5, 5.41) is 14.4. The van der Waals surface area contributed by atoms with E-state index in [0.717, 1.165) is 6.26 Å². The molecule has 1 heterocycles. The Kier molecular flexibility index (Phi) is 1.89. The molecule has 0 aliphatic rings. The van der Waals surface area contributed by atoms with Crippen LogP contribution in [0.25, 0.3) is 0 Å².